The molecule has 1 aromatic heterocycles. The molecule has 1 heterocycles. The first-order chi connectivity index (χ1) is 13.2. The molecular weight excluding hydrogens is 418 g/mol. The molecule has 3 N–H and O–H groups in total. The second kappa shape index (κ2) is 8.07. The Kier molecular flexibility index (Phi) is 5.76. The average molecular weight is 430 g/mol. The number of nitrogens with one attached hydrogen (secondary N) is 3. The molecule has 0 aliphatic carbocycles. The highest BCUT2D eigenvalue weighted by molar-refractivity contribution is 6.42. The summed E-state index contributed by atoms with van der Waals surface area (Å²) in [6.45, 7) is 0. The van der Waals surface area contributed by atoms with Crippen LogP contribution in [0.15, 0.2) is 48.8 Å². The van der Waals surface area contributed by atoms with Crippen molar-refractivity contribution in [1.82, 2.24) is 20.5 Å². The molecule has 1 atom stereocenters. The number of halogens is 5. The highest BCUT2D eigenvalue weighted by Gasteiger charge is 2.31. The number of aromatic amines is 1. The van der Waals surface area contributed by atoms with E-state index in [4.69, 9.17) is 23.2 Å². The number of benzene rings is 2. The van der Waals surface area contributed by atoms with E-state index < -0.39 is 23.8 Å². The van der Waals surface area contributed by atoms with Gasteiger partial charge in [0, 0.05) is 5.69 Å². The average Bonchev–Trinajstić information content (AvgIpc) is 3.16. The third-order valence-corrected chi connectivity index (χ3v) is 4.45. The second-order valence-electron chi connectivity index (χ2n) is 5.65. The van der Waals surface area contributed by atoms with Gasteiger partial charge in [0.2, 0.25) is 0 Å². The van der Waals surface area contributed by atoms with Gasteiger partial charge in [0.25, 0.3) is 0 Å². The van der Waals surface area contributed by atoms with Gasteiger partial charge in [-0.25, -0.2) is 9.78 Å². The highest BCUT2D eigenvalue weighted by atomic mass is 35.5. The number of carbonyl (C=O) groups is 1. The maximum Gasteiger partial charge on any atom is 0.416 e. The molecule has 0 unspecified atom stereocenters. The van der Waals surface area contributed by atoms with Gasteiger partial charge in [-0.2, -0.15) is 18.3 Å². The van der Waals surface area contributed by atoms with Gasteiger partial charge in [-0.05, 0) is 35.9 Å². The Morgan fingerprint density at radius 3 is 2.54 bits per heavy atom. The van der Waals surface area contributed by atoms with Gasteiger partial charge in [0.15, 0.2) is 5.82 Å². The predicted octanol–water partition coefficient (Wildman–Crippen LogP) is 5.04. The Balaban J connectivity index is 1.85. The van der Waals surface area contributed by atoms with Crippen molar-refractivity contribution in [1.29, 1.82) is 0 Å². The zero-order valence-corrected chi connectivity index (χ0v) is 15.4. The topological polar surface area (TPSA) is 82.7 Å². The smallest absolute Gasteiger partial charge is 0.324 e. The van der Waals surface area contributed by atoms with E-state index in [1.54, 1.807) is 0 Å². The van der Waals surface area contributed by atoms with Gasteiger partial charge in [0.1, 0.15) is 12.4 Å². The quantitative estimate of drug-likeness (QED) is 0.543. The first-order valence-corrected chi connectivity index (χ1v) is 8.54. The van der Waals surface area contributed by atoms with Crippen LogP contribution in [0.5, 0.6) is 0 Å². The van der Waals surface area contributed by atoms with Crippen molar-refractivity contribution in [2.24, 2.45) is 0 Å². The molecule has 0 aliphatic heterocycles. The van der Waals surface area contributed by atoms with Crippen molar-refractivity contribution in [3.63, 3.8) is 0 Å². The molecule has 0 bridgehead atoms. The molecule has 0 spiro atoms. The molecule has 3 aromatic rings. The molecule has 3 rings (SSSR count). The maximum atomic E-state index is 13.0. The normalized spacial score (nSPS) is 12.5. The van der Waals surface area contributed by atoms with Crippen LogP contribution >= 0.6 is 23.2 Å². The molecule has 146 valence electrons. The van der Waals surface area contributed by atoms with Gasteiger partial charge in [-0.3, -0.25) is 5.10 Å². The molecule has 0 saturated carbocycles. The standard InChI is InChI=1S/C17H12Cl2F3N5O/c18-12-5-4-11(7-13(12)19)25-16(28)26-14(15-23-8-24-27-15)9-2-1-3-10(6-9)17(20,21)22/h1-8,14H,(H,23,24,27)(H2,25,26,28)/t14-/m1/s1. The van der Waals surface area contributed by atoms with Crippen LogP contribution in [0.25, 0.3) is 0 Å². The van der Waals surface area contributed by atoms with E-state index in [1.165, 1.54) is 36.7 Å². The lowest BCUT2D eigenvalue weighted by atomic mass is 10.0. The molecule has 2 aromatic carbocycles. The molecule has 28 heavy (non-hydrogen) atoms. The summed E-state index contributed by atoms with van der Waals surface area (Å²) < 4.78 is 39.1. The Bertz CT molecular complexity index is 979. The summed E-state index contributed by atoms with van der Waals surface area (Å²) in [5.74, 6) is 0.170. The summed E-state index contributed by atoms with van der Waals surface area (Å²) in [5.41, 5.74) is -0.315. The zero-order valence-electron chi connectivity index (χ0n) is 13.9. The Morgan fingerprint density at radius 1 is 1.11 bits per heavy atom. The number of rotatable bonds is 4. The van der Waals surface area contributed by atoms with Crippen LogP contribution in [0.3, 0.4) is 0 Å². The minimum Gasteiger partial charge on any atom is -0.324 e. The number of urea groups is 1. The Hall–Kier alpha value is -2.78. The number of carbonyl (C=O) groups excluding carboxylic acids is 1. The molecule has 11 heteroatoms. The van der Waals surface area contributed by atoms with E-state index >= 15 is 0 Å². The van der Waals surface area contributed by atoms with Crippen molar-refractivity contribution in [2.45, 2.75) is 12.2 Å². The molecule has 0 saturated heterocycles. The molecule has 2 amide bonds. The molecular formula is C17H12Cl2F3N5O. The predicted molar refractivity (Wildman–Crippen MR) is 98.3 cm³/mol. The fourth-order valence-electron chi connectivity index (χ4n) is 2.43. The summed E-state index contributed by atoms with van der Waals surface area (Å²) >= 11 is 11.7. The summed E-state index contributed by atoms with van der Waals surface area (Å²) in [4.78, 5) is 16.3. The summed E-state index contributed by atoms with van der Waals surface area (Å²) in [6, 6.07) is 7.37. The fourth-order valence-corrected chi connectivity index (χ4v) is 2.73. The first kappa shape index (κ1) is 20.0. The van der Waals surface area contributed by atoms with Crippen LogP contribution in [0, 0.1) is 0 Å². The number of aromatic nitrogens is 3. The van der Waals surface area contributed by atoms with E-state index in [0.717, 1.165) is 12.1 Å². The van der Waals surface area contributed by atoms with Crippen LogP contribution in [-0.4, -0.2) is 21.2 Å². The lowest BCUT2D eigenvalue weighted by molar-refractivity contribution is -0.137. The van der Waals surface area contributed by atoms with E-state index in [0.29, 0.717) is 10.7 Å². The highest BCUT2D eigenvalue weighted by Crippen LogP contribution is 2.31. The van der Waals surface area contributed by atoms with Crippen LogP contribution in [-0.2, 0) is 6.18 Å². The van der Waals surface area contributed by atoms with Crippen LogP contribution in [0.1, 0.15) is 23.0 Å². The second-order valence-corrected chi connectivity index (χ2v) is 6.47. The molecule has 6 nitrogen and oxygen atoms in total. The van der Waals surface area contributed by atoms with Gasteiger partial charge in [-0.1, -0.05) is 35.3 Å². The van der Waals surface area contributed by atoms with Crippen LogP contribution in [0.2, 0.25) is 10.0 Å². The zero-order chi connectivity index (χ0) is 20.3. The number of H-pyrrole nitrogens is 1. The van der Waals surface area contributed by atoms with Gasteiger partial charge < -0.3 is 10.6 Å². The summed E-state index contributed by atoms with van der Waals surface area (Å²) in [6.07, 6.45) is -3.33. The first-order valence-electron chi connectivity index (χ1n) is 7.79. The summed E-state index contributed by atoms with van der Waals surface area (Å²) in [7, 11) is 0. The van der Waals surface area contributed by atoms with Crippen LogP contribution in [0.4, 0.5) is 23.7 Å². The van der Waals surface area contributed by atoms with E-state index in [1.807, 2.05) is 0 Å². The van der Waals surface area contributed by atoms with E-state index in [2.05, 4.69) is 25.8 Å². The number of amides is 2. The number of anilines is 1. The van der Waals surface area contributed by atoms with Gasteiger partial charge in [-0.15, -0.1) is 0 Å². The molecule has 0 fully saturated rings. The lowest BCUT2D eigenvalue weighted by Gasteiger charge is -2.19. The van der Waals surface area contributed by atoms with Crippen molar-refractivity contribution >= 4 is 34.9 Å². The summed E-state index contributed by atoms with van der Waals surface area (Å²) in [5, 5.41) is 11.9. The van der Waals surface area contributed by atoms with Gasteiger partial charge in [0.05, 0.1) is 15.6 Å². The van der Waals surface area contributed by atoms with Gasteiger partial charge >= 0.3 is 12.2 Å². The third-order valence-electron chi connectivity index (χ3n) is 3.71. The Labute approximate surface area is 167 Å². The van der Waals surface area contributed by atoms with Crippen molar-refractivity contribution in [3.8, 4) is 0 Å². The largest absolute Gasteiger partial charge is 0.416 e. The molecule has 0 radical (unpaired) electrons. The minimum atomic E-state index is -4.52. The third kappa shape index (κ3) is 4.73. The maximum absolute atomic E-state index is 13.0. The Morgan fingerprint density at radius 2 is 1.89 bits per heavy atom. The van der Waals surface area contributed by atoms with Crippen molar-refractivity contribution in [3.05, 3.63) is 75.8 Å². The monoisotopic (exact) mass is 429 g/mol. The number of nitrogens with zero attached hydrogens (tertiary/aromatic N) is 2. The van der Waals surface area contributed by atoms with E-state index in [9.17, 15) is 18.0 Å². The van der Waals surface area contributed by atoms with Crippen molar-refractivity contribution in [2.75, 3.05) is 5.32 Å². The fraction of sp³-hybridized carbons (Fsp3) is 0.118. The van der Waals surface area contributed by atoms with E-state index in [-0.39, 0.29) is 16.4 Å². The number of alkyl halides is 3. The number of hydrogen-bond acceptors (Lipinski definition) is 3. The SMILES string of the molecule is O=C(Nc1ccc(Cl)c(Cl)c1)N[C@H](c1cccc(C(F)(F)F)c1)c1ncn[nH]1. The lowest BCUT2D eigenvalue weighted by Crippen LogP contribution is -2.34. The molecule has 0 aliphatic rings. The van der Waals surface area contributed by atoms with Crippen LogP contribution < -0.4 is 10.6 Å². The minimum absolute atomic E-state index is 0.170. The van der Waals surface area contributed by atoms with Crippen molar-refractivity contribution < 1.29 is 18.0 Å². The number of hydrogen-bond donors (Lipinski definition) is 3.